The van der Waals surface area contributed by atoms with Gasteiger partial charge < -0.3 is 15.1 Å². The van der Waals surface area contributed by atoms with E-state index in [0.717, 1.165) is 18.8 Å². The minimum atomic E-state index is -0.314. The number of carbonyl (C=O) groups is 2. The van der Waals surface area contributed by atoms with Gasteiger partial charge in [0.15, 0.2) is 5.76 Å². The highest BCUT2D eigenvalue weighted by atomic mass is 16.3. The van der Waals surface area contributed by atoms with Gasteiger partial charge in [0, 0.05) is 17.8 Å². The van der Waals surface area contributed by atoms with E-state index in [2.05, 4.69) is 10.6 Å². The van der Waals surface area contributed by atoms with Crippen LogP contribution in [0.25, 0.3) is 0 Å². The molecule has 0 saturated heterocycles. The van der Waals surface area contributed by atoms with Crippen LogP contribution >= 0.6 is 0 Å². The van der Waals surface area contributed by atoms with Crippen molar-refractivity contribution in [3.63, 3.8) is 0 Å². The van der Waals surface area contributed by atoms with Gasteiger partial charge in [0.25, 0.3) is 5.91 Å². The van der Waals surface area contributed by atoms with E-state index in [1.54, 1.807) is 30.3 Å². The van der Waals surface area contributed by atoms with Crippen LogP contribution in [0.15, 0.2) is 47.1 Å². The van der Waals surface area contributed by atoms with E-state index in [4.69, 9.17) is 4.42 Å². The molecule has 1 aliphatic carbocycles. The molecule has 5 nitrogen and oxygen atoms in total. The van der Waals surface area contributed by atoms with Crippen LogP contribution in [0.4, 0.5) is 11.4 Å². The number of hydrogen-bond donors (Lipinski definition) is 2. The number of hydrogen-bond acceptors (Lipinski definition) is 3. The summed E-state index contributed by atoms with van der Waals surface area (Å²) in [7, 11) is 0. The number of benzene rings is 1. The molecule has 1 aliphatic rings. The minimum Gasteiger partial charge on any atom is -0.459 e. The summed E-state index contributed by atoms with van der Waals surface area (Å²) in [6.45, 7) is 0. The fraction of sp³-hybridized carbons (Fsp3) is 0.429. The topological polar surface area (TPSA) is 71.3 Å². The predicted molar refractivity (Wildman–Crippen MR) is 102 cm³/mol. The Morgan fingerprint density at radius 2 is 1.77 bits per heavy atom. The van der Waals surface area contributed by atoms with E-state index in [1.807, 2.05) is 6.07 Å². The zero-order valence-electron chi connectivity index (χ0n) is 15.0. The molecule has 0 unspecified atom stereocenters. The molecule has 3 rings (SSSR count). The average Bonchev–Trinajstić information content (AvgIpc) is 3.18. The van der Waals surface area contributed by atoms with Gasteiger partial charge in [-0.2, -0.15) is 0 Å². The lowest BCUT2D eigenvalue weighted by Crippen LogP contribution is -2.14. The van der Waals surface area contributed by atoms with Crippen LogP contribution in [-0.4, -0.2) is 11.8 Å². The highest BCUT2D eigenvalue weighted by Crippen LogP contribution is 2.27. The number of anilines is 2. The number of amides is 2. The van der Waals surface area contributed by atoms with Crippen molar-refractivity contribution in [2.24, 2.45) is 5.92 Å². The quantitative estimate of drug-likeness (QED) is 0.716. The molecule has 2 amide bonds. The maximum atomic E-state index is 12.2. The van der Waals surface area contributed by atoms with Crippen molar-refractivity contribution in [2.75, 3.05) is 10.6 Å². The van der Waals surface area contributed by atoms with Crippen molar-refractivity contribution in [1.82, 2.24) is 0 Å². The fourth-order valence-electron chi connectivity index (χ4n) is 3.53. The molecule has 26 heavy (non-hydrogen) atoms. The Hall–Kier alpha value is -2.56. The molecule has 138 valence electrons. The van der Waals surface area contributed by atoms with Gasteiger partial charge in [0.2, 0.25) is 5.91 Å². The Morgan fingerprint density at radius 3 is 2.50 bits per heavy atom. The first-order chi connectivity index (χ1) is 12.7. The molecule has 1 heterocycles. The van der Waals surface area contributed by atoms with Gasteiger partial charge in [-0.15, -0.1) is 0 Å². The van der Waals surface area contributed by atoms with Gasteiger partial charge in [-0.1, -0.05) is 38.2 Å². The summed E-state index contributed by atoms with van der Waals surface area (Å²) in [5.74, 6) is 0.764. The smallest absolute Gasteiger partial charge is 0.291 e. The third-order valence-corrected chi connectivity index (χ3v) is 4.89. The molecule has 5 heteroatoms. The zero-order valence-corrected chi connectivity index (χ0v) is 15.0. The summed E-state index contributed by atoms with van der Waals surface area (Å²) >= 11 is 0. The number of nitrogens with one attached hydrogen (secondary N) is 2. The SMILES string of the molecule is O=C(CCCC1CCCCC1)Nc1cccc(NC(=O)c2ccco2)c1. The average molecular weight is 354 g/mol. The fourth-order valence-corrected chi connectivity index (χ4v) is 3.53. The largest absolute Gasteiger partial charge is 0.459 e. The molecule has 1 saturated carbocycles. The lowest BCUT2D eigenvalue weighted by Gasteiger charge is -2.21. The van der Waals surface area contributed by atoms with Gasteiger partial charge in [-0.05, 0) is 49.1 Å². The van der Waals surface area contributed by atoms with Gasteiger partial charge in [0.05, 0.1) is 6.26 Å². The van der Waals surface area contributed by atoms with E-state index < -0.39 is 0 Å². The Morgan fingerprint density at radius 1 is 1.00 bits per heavy atom. The highest BCUT2D eigenvalue weighted by Gasteiger charge is 2.14. The van der Waals surface area contributed by atoms with E-state index in [0.29, 0.717) is 17.8 Å². The van der Waals surface area contributed by atoms with Crippen molar-refractivity contribution >= 4 is 23.2 Å². The van der Waals surface area contributed by atoms with Crippen molar-refractivity contribution in [3.8, 4) is 0 Å². The molecule has 0 radical (unpaired) electrons. The molecule has 1 fully saturated rings. The molecular formula is C21H26N2O3. The summed E-state index contributed by atoms with van der Waals surface area (Å²) < 4.78 is 5.07. The van der Waals surface area contributed by atoms with E-state index in [1.165, 1.54) is 38.4 Å². The standard InChI is InChI=1S/C21H26N2O3/c24-20(13-4-9-16-7-2-1-3-8-16)22-17-10-5-11-18(15-17)23-21(25)19-12-6-14-26-19/h5-6,10-12,14-16H,1-4,7-9,13H2,(H,22,24)(H,23,25). The number of furan rings is 1. The Kier molecular flexibility index (Phi) is 6.47. The molecule has 0 bridgehead atoms. The first kappa shape index (κ1) is 18.2. The van der Waals surface area contributed by atoms with Crippen LogP contribution < -0.4 is 10.6 Å². The Labute approximate surface area is 154 Å². The van der Waals surface area contributed by atoms with Crippen molar-refractivity contribution in [1.29, 1.82) is 0 Å². The van der Waals surface area contributed by atoms with E-state index >= 15 is 0 Å². The minimum absolute atomic E-state index is 0.0234. The van der Waals surface area contributed by atoms with Gasteiger partial charge in [-0.3, -0.25) is 9.59 Å². The predicted octanol–water partition coefficient (Wildman–Crippen LogP) is 5.22. The third-order valence-electron chi connectivity index (χ3n) is 4.89. The second-order valence-corrected chi connectivity index (χ2v) is 6.96. The van der Waals surface area contributed by atoms with Gasteiger partial charge in [0.1, 0.15) is 0 Å². The molecule has 1 aromatic heterocycles. The van der Waals surface area contributed by atoms with E-state index in [9.17, 15) is 9.59 Å². The van der Waals surface area contributed by atoms with Crippen LogP contribution in [0.3, 0.4) is 0 Å². The monoisotopic (exact) mass is 354 g/mol. The van der Waals surface area contributed by atoms with E-state index in [-0.39, 0.29) is 17.6 Å². The molecule has 1 aromatic carbocycles. The Balaban J connectivity index is 1.45. The maximum absolute atomic E-state index is 12.2. The van der Waals surface area contributed by atoms with Gasteiger partial charge >= 0.3 is 0 Å². The number of rotatable bonds is 7. The summed E-state index contributed by atoms with van der Waals surface area (Å²) in [5.41, 5.74) is 1.30. The zero-order chi connectivity index (χ0) is 18.2. The summed E-state index contributed by atoms with van der Waals surface area (Å²) in [4.78, 5) is 24.2. The summed E-state index contributed by atoms with van der Waals surface area (Å²) in [6, 6.07) is 10.4. The first-order valence-corrected chi connectivity index (χ1v) is 9.45. The molecule has 2 N–H and O–H groups in total. The molecule has 0 spiro atoms. The molecular weight excluding hydrogens is 328 g/mol. The van der Waals surface area contributed by atoms with Crippen LogP contribution in [0.2, 0.25) is 0 Å². The number of carbonyl (C=O) groups excluding carboxylic acids is 2. The van der Waals surface area contributed by atoms with Crippen LogP contribution in [0, 0.1) is 5.92 Å². The second-order valence-electron chi connectivity index (χ2n) is 6.96. The molecule has 2 aromatic rings. The van der Waals surface area contributed by atoms with Crippen LogP contribution in [-0.2, 0) is 4.79 Å². The first-order valence-electron chi connectivity index (χ1n) is 9.45. The summed E-state index contributed by atoms with van der Waals surface area (Å²) in [5, 5.41) is 5.67. The molecule has 0 aliphatic heterocycles. The van der Waals surface area contributed by atoms with Crippen molar-refractivity contribution in [3.05, 3.63) is 48.4 Å². The third kappa shape index (κ3) is 5.48. The van der Waals surface area contributed by atoms with Crippen molar-refractivity contribution in [2.45, 2.75) is 51.4 Å². The summed E-state index contributed by atoms with van der Waals surface area (Å²) in [6.07, 6.45) is 10.8. The second kappa shape index (κ2) is 9.22. The lowest BCUT2D eigenvalue weighted by molar-refractivity contribution is -0.116. The molecule has 0 atom stereocenters. The van der Waals surface area contributed by atoms with Crippen molar-refractivity contribution < 1.29 is 14.0 Å². The lowest BCUT2D eigenvalue weighted by atomic mass is 9.86. The normalized spacial score (nSPS) is 14.8. The van der Waals surface area contributed by atoms with Crippen LogP contribution in [0.1, 0.15) is 61.9 Å². The maximum Gasteiger partial charge on any atom is 0.291 e. The highest BCUT2D eigenvalue weighted by molar-refractivity contribution is 6.02. The Bertz CT molecular complexity index is 719. The van der Waals surface area contributed by atoms with Gasteiger partial charge in [-0.25, -0.2) is 0 Å². The van der Waals surface area contributed by atoms with Crippen LogP contribution in [0.5, 0.6) is 0 Å².